The Morgan fingerprint density at radius 2 is 1.70 bits per heavy atom. The number of allylic oxidation sites excluding steroid dienone is 2. The highest BCUT2D eigenvalue weighted by Crippen LogP contribution is 2.36. The Bertz CT molecular complexity index is 917. The Kier molecular flexibility index (Phi) is 4.67. The molecule has 0 fully saturated rings. The van der Waals surface area contributed by atoms with Crippen LogP contribution in [-0.4, -0.2) is 27.1 Å². The molecule has 0 amide bonds. The summed E-state index contributed by atoms with van der Waals surface area (Å²) in [5.41, 5.74) is 4.30. The lowest BCUT2D eigenvalue weighted by molar-refractivity contribution is -0.0691. The first-order valence-electron chi connectivity index (χ1n) is 8.44. The number of fused-ring (bicyclic) bond motifs is 1. The number of nitrogens with zero attached hydrogens (tertiary/aromatic N) is 2. The van der Waals surface area contributed by atoms with Gasteiger partial charge in [0.05, 0.1) is 28.3 Å². The molecule has 2 aliphatic rings. The molecule has 2 aromatic rings. The van der Waals surface area contributed by atoms with E-state index in [0.717, 1.165) is 45.0 Å². The lowest BCUT2D eigenvalue weighted by Crippen LogP contribution is -2.34. The molecule has 27 heavy (non-hydrogen) atoms. The molecular formula is C21H17F2IN2O. The van der Waals surface area contributed by atoms with Crippen LogP contribution in [0.5, 0.6) is 5.75 Å². The average Bonchev–Trinajstić information content (AvgIpc) is 2.98. The number of hydrogen-bond acceptors (Lipinski definition) is 3. The van der Waals surface area contributed by atoms with Crippen molar-refractivity contribution in [3.63, 3.8) is 0 Å². The Hall–Kier alpha value is -2.35. The molecular weight excluding hydrogens is 461 g/mol. The number of hydrogen-bond donors (Lipinski definition) is 0. The van der Waals surface area contributed by atoms with Gasteiger partial charge in [-0.2, -0.15) is 8.78 Å². The molecule has 0 bridgehead atoms. The van der Waals surface area contributed by atoms with E-state index in [0.29, 0.717) is 0 Å². The van der Waals surface area contributed by atoms with Gasteiger partial charge in [0.1, 0.15) is 11.9 Å². The Morgan fingerprint density at radius 1 is 1.00 bits per heavy atom. The second kappa shape index (κ2) is 6.99. The first-order chi connectivity index (χ1) is 12.9. The molecule has 0 N–H and O–H groups in total. The van der Waals surface area contributed by atoms with Gasteiger partial charge in [0, 0.05) is 19.4 Å². The average molecular weight is 478 g/mol. The summed E-state index contributed by atoms with van der Waals surface area (Å²) in [6.07, 6.45) is 8.47. The minimum Gasteiger partial charge on any atom is -0.425 e. The predicted molar refractivity (Wildman–Crippen MR) is 111 cm³/mol. The van der Waals surface area contributed by atoms with Gasteiger partial charge in [-0.15, -0.1) is 0 Å². The van der Waals surface area contributed by atoms with Crippen molar-refractivity contribution >= 4 is 33.9 Å². The standard InChI is InChI=1S/C21H17F2IN2O/c1-25-14-19(16-5-3-2-4-6-16)26-12-11-17(13-20(25)26)15-7-9-18(10-8-15)27-21(22,23)24/h2-14,20H,1H3. The Morgan fingerprint density at radius 3 is 2.37 bits per heavy atom. The molecule has 0 spiro atoms. The molecule has 2 aliphatic heterocycles. The number of rotatable bonds is 4. The SMILES string of the molecule is CN1C=C(c2ccccc2)N2C=CC(c3ccc(OC(F)(F)I)cc3)=CC12. The van der Waals surface area contributed by atoms with Crippen molar-refractivity contribution < 1.29 is 13.5 Å². The molecule has 4 rings (SSSR count). The van der Waals surface area contributed by atoms with Gasteiger partial charge >= 0.3 is 4.12 Å². The molecule has 3 nitrogen and oxygen atoms in total. The minimum absolute atomic E-state index is 0.0785. The summed E-state index contributed by atoms with van der Waals surface area (Å²) in [6.45, 7) is 0. The fraction of sp³-hybridized carbons (Fsp3) is 0.143. The smallest absolute Gasteiger partial charge is 0.425 e. The van der Waals surface area contributed by atoms with Crippen molar-refractivity contribution in [1.82, 2.24) is 9.80 Å². The van der Waals surface area contributed by atoms with E-state index in [-0.39, 0.29) is 11.9 Å². The van der Waals surface area contributed by atoms with E-state index in [9.17, 15) is 8.78 Å². The quantitative estimate of drug-likeness (QED) is 0.425. The van der Waals surface area contributed by atoms with E-state index in [4.69, 9.17) is 0 Å². The first kappa shape index (κ1) is 18.0. The van der Waals surface area contributed by atoms with Gasteiger partial charge in [-0.05, 0) is 41.0 Å². The summed E-state index contributed by atoms with van der Waals surface area (Å²) in [7, 11) is 2.04. The summed E-state index contributed by atoms with van der Waals surface area (Å²) in [5, 5.41) is 0. The number of halogens is 3. The fourth-order valence-corrected chi connectivity index (χ4v) is 3.55. The van der Waals surface area contributed by atoms with Gasteiger partial charge in [-0.3, -0.25) is 0 Å². The van der Waals surface area contributed by atoms with Crippen molar-refractivity contribution in [1.29, 1.82) is 0 Å². The second-order valence-corrected chi connectivity index (χ2v) is 7.63. The van der Waals surface area contributed by atoms with Crippen LogP contribution in [0, 0.1) is 0 Å². The lowest BCUT2D eigenvalue weighted by atomic mass is 10.0. The zero-order valence-electron chi connectivity index (χ0n) is 14.5. The third-order valence-electron chi connectivity index (χ3n) is 4.54. The monoisotopic (exact) mass is 478 g/mol. The van der Waals surface area contributed by atoms with Crippen LogP contribution >= 0.6 is 22.6 Å². The highest BCUT2D eigenvalue weighted by molar-refractivity contribution is 14.1. The maximum Gasteiger partial charge on any atom is 0.451 e. The number of ether oxygens (including phenoxy) is 1. The van der Waals surface area contributed by atoms with E-state index < -0.39 is 4.12 Å². The van der Waals surface area contributed by atoms with E-state index in [1.54, 1.807) is 24.3 Å². The van der Waals surface area contributed by atoms with E-state index >= 15 is 0 Å². The van der Waals surface area contributed by atoms with Gasteiger partial charge in [-0.1, -0.05) is 42.5 Å². The Balaban J connectivity index is 1.55. The van der Waals surface area contributed by atoms with Crippen molar-refractivity contribution in [3.05, 3.63) is 90.3 Å². The first-order valence-corrected chi connectivity index (χ1v) is 9.52. The molecule has 1 unspecified atom stereocenters. The van der Waals surface area contributed by atoms with Crippen LogP contribution in [0.2, 0.25) is 0 Å². The third kappa shape index (κ3) is 3.85. The molecule has 2 heterocycles. The van der Waals surface area contributed by atoms with E-state index in [2.05, 4.69) is 45.1 Å². The van der Waals surface area contributed by atoms with E-state index in [1.807, 2.05) is 31.3 Å². The van der Waals surface area contributed by atoms with Gasteiger partial charge in [0.15, 0.2) is 0 Å². The summed E-state index contributed by atoms with van der Waals surface area (Å²) in [6, 6.07) is 17.0. The summed E-state index contributed by atoms with van der Waals surface area (Å²) in [4.78, 5) is 4.37. The highest BCUT2D eigenvalue weighted by atomic mass is 127. The van der Waals surface area contributed by atoms with Gasteiger partial charge < -0.3 is 14.5 Å². The number of likely N-dealkylation sites (N-methyl/N-ethyl adjacent to an activating group) is 1. The highest BCUT2D eigenvalue weighted by Gasteiger charge is 2.30. The van der Waals surface area contributed by atoms with Crippen molar-refractivity contribution in [3.8, 4) is 5.75 Å². The summed E-state index contributed by atoms with van der Waals surface area (Å²) in [5.74, 6) is 0.145. The third-order valence-corrected chi connectivity index (χ3v) is 4.76. The van der Waals surface area contributed by atoms with Crippen LogP contribution in [0.3, 0.4) is 0 Å². The molecule has 0 aromatic heterocycles. The molecule has 0 saturated carbocycles. The van der Waals surface area contributed by atoms with Crippen LogP contribution in [0.4, 0.5) is 8.78 Å². The largest absolute Gasteiger partial charge is 0.451 e. The molecule has 1 atom stereocenters. The molecule has 2 aromatic carbocycles. The van der Waals surface area contributed by atoms with Crippen LogP contribution in [0.15, 0.2) is 79.1 Å². The molecule has 0 radical (unpaired) electrons. The zero-order chi connectivity index (χ0) is 19.0. The van der Waals surface area contributed by atoms with Gasteiger partial charge in [-0.25, -0.2) is 0 Å². The van der Waals surface area contributed by atoms with Crippen LogP contribution < -0.4 is 4.74 Å². The maximum absolute atomic E-state index is 13.0. The van der Waals surface area contributed by atoms with E-state index in [1.165, 1.54) is 0 Å². The van der Waals surface area contributed by atoms with Crippen LogP contribution in [0.25, 0.3) is 11.3 Å². The number of alkyl halides is 3. The molecule has 6 heteroatoms. The van der Waals surface area contributed by atoms with Crippen molar-refractivity contribution in [2.45, 2.75) is 10.3 Å². The van der Waals surface area contributed by atoms with Crippen LogP contribution in [0.1, 0.15) is 11.1 Å². The van der Waals surface area contributed by atoms with Crippen LogP contribution in [-0.2, 0) is 0 Å². The normalized spacial score (nSPS) is 18.9. The fourth-order valence-electron chi connectivity index (χ4n) is 3.29. The topological polar surface area (TPSA) is 15.7 Å². The predicted octanol–water partition coefficient (Wildman–Crippen LogP) is 5.53. The Labute approximate surface area is 170 Å². The number of benzene rings is 2. The lowest BCUT2D eigenvalue weighted by Gasteiger charge is -2.31. The molecule has 138 valence electrons. The molecule has 0 aliphatic carbocycles. The van der Waals surface area contributed by atoms with Crippen molar-refractivity contribution in [2.75, 3.05) is 7.05 Å². The second-order valence-electron chi connectivity index (χ2n) is 6.38. The zero-order valence-corrected chi connectivity index (χ0v) is 16.7. The minimum atomic E-state index is -3.21. The van der Waals surface area contributed by atoms with Gasteiger partial charge in [0.2, 0.25) is 0 Å². The summed E-state index contributed by atoms with van der Waals surface area (Å²) >= 11 is 0.963. The maximum atomic E-state index is 13.0. The molecule has 0 saturated heterocycles. The van der Waals surface area contributed by atoms with Gasteiger partial charge in [0.25, 0.3) is 0 Å². The summed E-state index contributed by atoms with van der Waals surface area (Å²) < 4.78 is 27.3. The van der Waals surface area contributed by atoms with Crippen molar-refractivity contribution in [2.24, 2.45) is 0 Å².